The van der Waals surface area contributed by atoms with Crippen LogP contribution in [-0.2, 0) is 14.3 Å². The standard InChI is InChI=1S/C15H21N3O3/c1-5-18-9-15(3,4)21-14(20)13(18)12-8-11(6-7-16-12)17-10(2)19/h6-8,13H,5,9H2,1-4H3,(H,16,17,19). The maximum absolute atomic E-state index is 12.3. The summed E-state index contributed by atoms with van der Waals surface area (Å²) in [5.41, 5.74) is 0.712. The lowest BCUT2D eigenvalue weighted by Crippen LogP contribution is -2.52. The minimum Gasteiger partial charge on any atom is -0.457 e. The molecule has 6 nitrogen and oxygen atoms in total. The molecule has 1 fully saturated rings. The van der Waals surface area contributed by atoms with Crippen LogP contribution < -0.4 is 5.32 Å². The molecule has 1 unspecified atom stereocenters. The first-order valence-corrected chi connectivity index (χ1v) is 7.03. The number of rotatable bonds is 3. The lowest BCUT2D eigenvalue weighted by atomic mass is 10.0. The second-order valence-electron chi connectivity index (χ2n) is 5.80. The van der Waals surface area contributed by atoms with E-state index >= 15 is 0 Å². The number of nitrogens with one attached hydrogen (secondary N) is 1. The van der Waals surface area contributed by atoms with Crippen molar-refractivity contribution in [1.29, 1.82) is 0 Å². The van der Waals surface area contributed by atoms with Gasteiger partial charge in [-0.15, -0.1) is 0 Å². The number of cyclic esters (lactones) is 1. The van der Waals surface area contributed by atoms with Crippen LogP contribution in [0, 0.1) is 0 Å². The van der Waals surface area contributed by atoms with Crippen molar-refractivity contribution in [3.8, 4) is 0 Å². The molecule has 1 aromatic heterocycles. The third-order valence-corrected chi connectivity index (χ3v) is 3.34. The number of anilines is 1. The van der Waals surface area contributed by atoms with Crippen LogP contribution in [0.25, 0.3) is 0 Å². The van der Waals surface area contributed by atoms with Crippen molar-refractivity contribution in [2.45, 2.75) is 39.3 Å². The van der Waals surface area contributed by atoms with E-state index in [0.29, 0.717) is 17.9 Å². The van der Waals surface area contributed by atoms with Crippen LogP contribution in [0.1, 0.15) is 39.4 Å². The summed E-state index contributed by atoms with van der Waals surface area (Å²) in [6.07, 6.45) is 1.58. The third kappa shape index (κ3) is 3.58. The van der Waals surface area contributed by atoms with Crippen molar-refractivity contribution in [2.24, 2.45) is 0 Å². The van der Waals surface area contributed by atoms with Crippen LogP contribution in [0.15, 0.2) is 18.3 Å². The van der Waals surface area contributed by atoms with E-state index < -0.39 is 11.6 Å². The predicted octanol–water partition coefficient (Wildman–Crippen LogP) is 1.74. The number of nitrogens with zero attached hydrogens (tertiary/aromatic N) is 2. The zero-order valence-corrected chi connectivity index (χ0v) is 12.8. The fourth-order valence-corrected chi connectivity index (χ4v) is 2.57. The SMILES string of the molecule is CCN1CC(C)(C)OC(=O)C1c1cc(NC(C)=O)ccn1. The van der Waals surface area contributed by atoms with Gasteiger partial charge in [-0.1, -0.05) is 6.92 Å². The molecule has 1 aliphatic heterocycles. The van der Waals surface area contributed by atoms with E-state index in [1.165, 1.54) is 6.92 Å². The Hall–Kier alpha value is -1.95. The second kappa shape index (κ2) is 5.81. The largest absolute Gasteiger partial charge is 0.457 e. The summed E-state index contributed by atoms with van der Waals surface area (Å²) >= 11 is 0. The lowest BCUT2D eigenvalue weighted by molar-refractivity contribution is -0.178. The van der Waals surface area contributed by atoms with Gasteiger partial charge in [0.1, 0.15) is 5.60 Å². The molecule has 0 aliphatic carbocycles. The molecule has 0 bridgehead atoms. The summed E-state index contributed by atoms with van der Waals surface area (Å²) in [6, 6.07) is 2.88. The van der Waals surface area contributed by atoms with E-state index in [9.17, 15) is 9.59 Å². The first-order chi connectivity index (χ1) is 9.82. The molecule has 6 heteroatoms. The highest BCUT2D eigenvalue weighted by Gasteiger charge is 2.41. The van der Waals surface area contributed by atoms with Crippen LogP contribution in [-0.4, -0.2) is 40.5 Å². The minimum atomic E-state index is -0.531. The van der Waals surface area contributed by atoms with E-state index in [1.807, 2.05) is 25.7 Å². The molecule has 1 N–H and O–H groups in total. The fourth-order valence-electron chi connectivity index (χ4n) is 2.57. The van der Waals surface area contributed by atoms with Crippen molar-refractivity contribution in [1.82, 2.24) is 9.88 Å². The fraction of sp³-hybridized carbons (Fsp3) is 0.533. The normalized spacial score (nSPS) is 21.7. The highest BCUT2D eigenvalue weighted by molar-refractivity contribution is 5.88. The van der Waals surface area contributed by atoms with Gasteiger partial charge in [-0.05, 0) is 32.5 Å². The first kappa shape index (κ1) is 15.4. The van der Waals surface area contributed by atoms with E-state index in [1.54, 1.807) is 18.3 Å². The smallest absolute Gasteiger partial charge is 0.330 e. The molecule has 1 aliphatic rings. The minimum absolute atomic E-state index is 0.160. The first-order valence-electron chi connectivity index (χ1n) is 7.03. The maximum Gasteiger partial charge on any atom is 0.330 e. The Labute approximate surface area is 124 Å². The van der Waals surface area contributed by atoms with Crippen molar-refractivity contribution in [2.75, 3.05) is 18.4 Å². The Morgan fingerprint density at radius 1 is 1.57 bits per heavy atom. The summed E-state index contributed by atoms with van der Waals surface area (Å²) in [5, 5.41) is 2.70. The van der Waals surface area contributed by atoms with Crippen molar-refractivity contribution in [3.63, 3.8) is 0 Å². The van der Waals surface area contributed by atoms with Gasteiger partial charge in [0.25, 0.3) is 0 Å². The summed E-state index contributed by atoms with van der Waals surface area (Å²) in [7, 11) is 0. The van der Waals surface area contributed by atoms with Gasteiger partial charge in [-0.2, -0.15) is 0 Å². The van der Waals surface area contributed by atoms with Crippen molar-refractivity contribution < 1.29 is 14.3 Å². The molecule has 21 heavy (non-hydrogen) atoms. The van der Waals surface area contributed by atoms with E-state index in [4.69, 9.17) is 4.74 Å². The molecule has 1 atom stereocenters. The Morgan fingerprint density at radius 3 is 2.90 bits per heavy atom. The summed E-state index contributed by atoms with van der Waals surface area (Å²) < 4.78 is 5.49. The number of carbonyl (C=O) groups excluding carboxylic acids is 2. The van der Waals surface area contributed by atoms with Gasteiger partial charge in [0, 0.05) is 25.4 Å². The molecule has 0 aromatic carbocycles. The Kier molecular flexibility index (Phi) is 4.27. The Morgan fingerprint density at radius 2 is 2.29 bits per heavy atom. The van der Waals surface area contributed by atoms with Crippen LogP contribution in [0.3, 0.4) is 0 Å². The zero-order chi connectivity index (χ0) is 15.6. The van der Waals surface area contributed by atoms with Crippen molar-refractivity contribution >= 4 is 17.6 Å². The molecule has 114 valence electrons. The number of amides is 1. The van der Waals surface area contributed by atoms with E-state index in [-0.39, 0.29) is 11.9 Å². The van der Waals surface area contributed by atoms with E-state index in [2.05, 4.69) is 10.3 Å². The molecule has 1 aromatic rings. The van der Waals surface area contributed by atoms with Crippen LogP contribution in [0.2, 0.25) is 0 Å². The Bertz CT molecular complexity index is 557. The maximum atomic E-state index is 12.3. The van der Waals surface area contributed by atoms with Gasteiger partial charge < -0.3 is 10.1 Å². The van der Waals surface area contributed by atoms with Crippen molar-refractivity contribution in [3.05, 3.63) is 24.0 Å². The predicted molar refractivity (Wildman–Crippen MR) is 78.7 cm³/mol. The molecule has 2 rings (SSSR count). The second-order valence-corrected chi connectivity index (χ2v) is 5.80. The average Bonchev–Trinajstić information content (AvgIpc) is 2.36. The molecule has 0 spiro atoms. The zero-order valence-electron chi connectivity index (χ0n) is 12.8. The molecule has 1 amide bonds. The van der Waals surface area contributed by atoms with Crippen LogP contribution in [0.4, 0.5) is 5.69 Å². The quantitative estimate of drug-likeness (QED) is 0.859. The van der Waals surface area contributed by atoms with Gasteiger partial charge in [0.15, 0.2) is 6.04 Å². The summed E-state index contributed by atoms with van der Waals surface area (Å²) in [6.45, 7) is 8.59. The molecule has 2 heterocycles. The number of likely N-dealkylation sites (N-methyl/N-ethyl adjacent to an activating group) is 1. The molecule has 0 saturated carbocycles. The Balaban J connectivity index is 2.31. The van der Waals surface area contributed by atoms with Gasteiger partial charge in [0.2, 0.25) is 5.91 Å². The molecular weight excluding hydrogens is 270 g/mol. The number of aromatic nitrogens is 1. The molecule has 0 radical (unpaired) electrons. The van der Waals surface area contributed by atoms with E-state index in [0.717, 1.165) is 6.54 Å². The van der Waals surface area contributed by atoms with Gasteiger partial charge in [-0.3, -0.25) is 14.7 Å². The average molecular weight is 291 g/mol. The number of morpholine rings is 1. The van der Waals surface area contributed by atoms with Gasteiger partial charge in [0.05, 0.1) is 5.69 Å². The lowest BCUT2D eigenvalue weighted by Gasteiger charge is -2.41. The highest BCUT2D eigenvalue weighted by Crippen LogP contribution is 2.31. The van der Waals surface area contributed by atoms with Crippen LogP contribution >= 0.6 is 0 Å². The number of hydrogen-bond donors (Lipinski definition) is 1. The van der Waals surface area contributed by atoms with Gasteiger partial charge >= 0.3 is 5.97 Å². The highest BCUT2D eigenvalue weighted by atomic mass is 16.6. The number of pyridine rings is 1. The summed E-state index contributed by atoms with van der Waals surface area (Å²) in [5.74, 6) is -0.465. The number of ether oxygens (including phenoxy) is 1. The number of esters is 1. The molecule has 1 saturated heterocycles. The number of hydrogen-bond acceptors (Lipinski definition) is 5. The van der Waals surface area contributed by atoms with Gasteiger partial charge in [-0.25, -0.2) is 4.79 Å². The van der Waals surface area contributed by atoms with Crippen LogP contribution in [0.5, 0.6) is 0 Å². The third-order valence-electron chi connectivity index (χ3n) is 3.34. The number of carbonyl (C=O) groups is 2. The summed E-state index contributed by atoms with van der Waals surface area (Å²) in [4.78, 5) is 29.8. The molecular formula is C15H21N3O3. The monoisotopic (exact) mass is 291 g/mol. The topological polar surface area (TPSA) is 71.5 Å².